The molecule has 0 amide bonds. The van der Waals surface area contributed by atoms with E-state index < -0.39 is 12.7 Å². The molecule has 0 aliphatic carbocycles. The molecule has 1 saturated heterocycles. The summed E-state index contributed by atoms with van der Waals surface area (Å²) in [4.78, 5) is 6.06. The lowest BCUT2D eigenvalue weighted by molar-refractivity contribution is -0.143. The van der Waals surface area contributed by atoms with Gasteiger partial charge in [0.1, 0.15) is 0 Å². The third-order valence-electron chi connectivity index (χ3n) is 5.15. The first-order valence-corrected chi connectivity index (χ1v) is 10.9. The highest BCUT2D eigenvalue weighted by Crippen LogP contribution is 2.20. The molecule has 32 heavy (non-hydrogen) atoms. The second-order valence-corrected chi connectivity index (χ2v) is 7.97. The summed E-state index contributed by atoms with van der Waals surface area (Å²) in [6, 6.07) is 18.1. The van der Waals surface area contributed by atoms with Crippen molar-refractivity contribution < 1.29 is 17.9 Å². The molecule has 8 heteroatoms. The van der Waals surface area contributed by atoms with Gasteiger partial charge in [-0.15, -0.1) is 0 Å². The molecule has 3 rings (SSSR count). The number of rotatable bonds is 9. The Morgan fingerprint density at radius 1 is 1.06 bits per heavy atom. The molecule has 2 aromatic carbocycles. The predicted octanol–water partition coefficient (Wildman–Crippen LogP) is 4.10. The molecule has 1 atom stereocenters. The average molecular weight is 449 g/mol. The van der Waals surface area contributed by atoms with Crippen molar-refractivity contribution >= 4 is 5.96 Å². The van der Waals surface area contributed by atoms with Crippen LogP contribution in [0.3, 0.4) is 0 Å². The van der Waals surface area contributed by atoms with Crippen LogP contribution in [0.25, 0.3) is 0 Å². The summed E-state index contributed by atoms with van der Waals surface area (Å²) in [7, 11) is 0. The van der Waals surface area contributed by atoms with Crippen LogP contribution in [0.1, 0.15) is 30.0 Å². The largest absolute Gasteiger partial charge is 0.401 e. The van der Waals surface area contributed by atoms with Crippen LogP contribution >= 0.6 is 0 Å². The van der Waals surface area contributed by atoms with Gasteiger partial charge >= 0.3 is 6.18 Å². The van der Waals surface area contributed by atoms with Crippen molar-refractivity contribution in [3.8, 4) is 0 Å². The minimum absolute atomic E-state index is 0.0483. The number of hydrogen-bond donors (Lipinski definition) is 2. The van der Waals surface area contributed by atoms with Crippen LogP contribution < -0.4 is 10.6 Å². The van der Waals surface area contributed by atoms with Crippen molar-refractivity contribution in [3.05, 3.63) is 71.3 Å². The molecule has 0 aromatic heterocycles. The highest BCUT2D eigenvalue weighted by atomic mass is 19.4. The zero-order valence-corrected chi connectivity index (χ0v) is 18.4. The van der Waals surface area contributed by atoms with Crippen molar-refractivity contribution in [1.82, 2.24) is 15.5 Å². The zero-order chi connectivity index (χ0) is 22.8. The summed E-state index contributed by atoms with van der Waals surface area (Å²) in [5, 5.41) is 6.46. The zero-order valence-electron chi connectivity index (χ0n) is 18.4. The number of nitrogens with zero attached hydrogens (tertiary/aromatic N) is 2. The van der Waals surface area contributed by atoms with Gasteiger partial charge in [0.15, 0.2) is 5.96 Å². The normalized spacial score (nSPS) is 17.5. The van der Waals surface area contributed by atoms with E-state index in [4.69, 9.17) is 4.74 Å². The Bertz CT molecular complexity index is 858. The van der Waals surface area contributed by atoms with E-state index in [0.717, 1.165) is 16.7 Å². The summed E-state index contributed by atoms with van der Waals surface area (Å²) in [6.07, 6.45) is -3.50. The third kappa shape index (κ3) is 8.51. The maximum atomic E-state index is 12.6. The van der Waals surface area contributed by atoms with E-state index >= 15 is 0 Å². The highest BCUT2D eigenvalue weighted by molar-refractivity contribution is 5.80. The van der Waals surface area contributed by atoms with E-state index in [1.807, 2.05) is 55.5 Å². The number of guanidine groups is 1. The smallest absolute Gasteiger partial charge is 0.372 e. The average Bonchev–Trinajstić information content (AvgIpc) is 3.18. The van der Waals surface area contributed by atoms with Gasteiger partial charge in [-0.3, -0.25) is 4.90 Å². The molecule has 0 saturated carbocycles. The van der Waals surface area contributed by atoms with E-state index in [9.17, 15) is 13.2 Å². The fraction of sp³-hybridized carbons (Fsp3) is 0.458. The van der Waals surface area contributed by atoms with Crippen LogP contribution in [0.5, 0.6) is 0 Å². The quantitative estimate of drug-likeness (QED) is 0.448. The molecule has 0 radical (unpaired) electrons. The highest BCUT2D eigenvalue weighted by Gasteiger charge is 2.34. The van der Waals surface area contributed by atoms with Crippen molar-refractivity contribution in [2.24, 2.45) is 4.99 Å². The van der Waals surface area contributed by atoms with E-state index in [0.29, 0.717) is 51.8 Å². The maximum absolute atomic E-state index is 12.6. The van der Waals surface area contributed by atoms with Crippen LogP contribution in [0, 0.1) is 0 Å². The molecule has 0 bridgehead atoms. The van der Waals surface area contributed by atoms with Gasteiger partial charge in [0.25, 0.3) is 0 Å². The SMILES string of the molecule is CCNC(=NCc1cccc(COCc2ccccc2)c1)NC1CCN(CC(F)(F)F)C1. The van der Waals surface area contributed by atoms with E-state index in [-0.39, 0.29) is 6.04 Å². The van der Waals surface area contributed by atoms with Crippen molar-refractivity contribution in [2.45, 2.75) is 45.3 Å². The molecule has 5 nitrogen and oxygen atoms in total. The summed E-state index contributed by atoms with van der Waals surface area (Å²) in [5.74, 6) is 0.622. The van der Waals surface area contributed by atoms with Crippen LogP contribution in [-0.2, 0) is 24.5 Å². The number of benzene rings is 2. The Kier molecular flexibility index (Phi) is 8.93. The van der Waals surface area contributed by atoms with Crippen molar-refractivity contribution in [2.75, 3.05) is 26.2 Å². The molecule has 0 spiro atoms. The maximum Gasteiger partial charge on any atom is 0.401 e. The predicted molar refractivity (Wildman–Crippen MR) is 120 cm³/mol. The molecule has 1 aliphatic rings. The van der Waals surface area contributed by atoms with Crippen LogP contribution in [-0.4, -0.2) is 49.3 Å². The second kappa shape index (κ2) is 11.9. The van der Waals surface area contributed by atoms with Crippen LogP contribution in [0.4, 0.5) is 13.2 Å². The lowest BCUT2D eigenvalue weighted by Crippen LogP contribution is -2.45. The summed E-state index contributed by atoms with van der Waals surface area (Å²) in [6.45, 7) is 4.12. The van der Waals surface area contributed by atoms with E-state index in [2.05, 4.69) is 21.7 Å². The van der Waals surface area contributed by atoms with Crippen LogP contribution in [0.15, 0.2) is 59.6 Å². The first-order chi connectivity index (χ1) is 15.4. The van der Waals surface area contributed by atoms with Gasteiger partial charge in [0, 0.05) is 25.7 Å². The second-order valence-electron chi connectivity index (χ2n) is 7.97. The summed E-state index contributed by atoms with van der Waals surface area (Å²) >= 11 is 0. The molecule has 1 unspecified atom stereocenters. The van der Waals surface area contributed by atoms with Gasteiger partial charge in [0.2, 0.25) is 0 Å². The van der Waals surface area contributed by atoms with Gasteiger partial charge in [0.05, 0.1) is 26.3 Å². The fourth-order valence-electron chi connectivity index (χ4n) is 3.71. The lowest BCUT2D eigenvalue weighted by atomic mass is 10.1. The van der Waals surface area contributed by atoms with Gasteiger partial charge < -0.3 is 15.4 Å². The first kappa shape index (κ1) is 24.1. The number of aliphatic imine (C=N–C) groups is 1. The number of ether oxygens (including phenoxy) is 1. The Hall–Kier alpha value is -2.58. The minimum atomic E-state index is -4.16. The van der Waals surface area contributed by atoms with E-state index in [1.54, 1.807) is 0 Å². The van der Waals surface area contributed by atoms with Gasteiger partial charge in [-0.1, -0.05) is 54.6 Å². The third-order valence-corrected chi connectivity index (χ3v) is 5.15. The standard InChI is InChI=1S/C24H31F3N4O/c1-2-28-23(30-22-11-12-31(15-22)18-24(25,26)27)29-14-20-9-6-10-21(13-20)17-32-16-19-7-4-3-5-8-19/h3-10,13,22H,2,11-12,14-18H2,1H3,(H2,28,29,30). The molecule has 1 fully saturated rings. The molecule has 1 heterocycles. The molecule has 174 valence electrons. The Balaban J connectivity index is 1.50. The fourth-order valence-corrected chi connectivity index (χ4v) is 3.71. The number of halogens is 3. The Labute approximate surface area is 187 Å². The summed E-state index contributed by atoms with van der Waals surface area (Å²) < 4.78 is 43.7. The molecule has 1 aliphatic heterocycles. The number of hydrogen-bond acceptors (Lipinski definition) is 3. The Morgan fingerprint density at radius 2 is 1.78 bits per heavy atom. The number of nitrogens with one attached hydrogen (secondary N) is 2. The Morgan fingerprint density at radius 3 is 2.53 bits per heavy atom. The number of likely N-dealkylation sites (tertiary alicyclic amines) is 1. The molecule has 2 aromatic rings. The van der Waals surface area contributed by atoms with Crippen molar-refractivity contribution in [3.63, 3.8) is 0 Å². The minimum Gasteiger partial charge on any atom is -0.372 e. The summed E-state index contributed by atoms with van der Waals surface area (Å²) in [5.41, 5.74) is 3.26. The van der Waals surface area contributed by atoms with Gasteiger partial charge in [-0.2, -0.15) is 13.2 Å². The molecule has 2 N–H and O–H groups in total. The topological polar surface area (TPSA) is 48.9 Å². The lowest BCUT2D eigenvalue weighted by Gasteiger charge is -2.19. The first-order valence-electron chi connectivity index (χ1n) is 10.9. The van der Waals surface area contributed by atoms with Gasteiger partial charge in [-0.05, 0) is 30.0 Å². The number of alkyl halides is 3. The molecular formula is C24H31F3N4O. The van der Waals surface area contributed by atoms with Gasteiger partial charge in [-0.25, -0.2) is 4.99 Å². The van der Waals surface area contributed by atoms with Crippen molar-refractivity contribution in [1.29, 1.82) is 0 Å². The monoisotopic (exact) mass is 448 g/mol. The van der Waals surface area contributed by atoms with E-state index in [1.165, 1.54) is 4.90 Å². The van der Waals surface area contributed by atoms with Crippen LogP contribution in [0.2, 0.25) is 0 Å². The molecular weight excluding hydrogens is 417 g/mol.